The number of aliphatic hydroxyl groups is 1. The van der Waals surface area contributed by atoms with Crippen LogP contribution in [-0.4, -0.2) is 33.7 Å². The number of hydrogen-bond donors (Lipinski definition) is 1. The van der Waals surface area contributed by atoms with Gasteiger partial charge in [0, 0.05) is 24.7 Å². The Hall–Kier alpha value is -3.48. The largest absolute Gasteiger partial charge is 0.507 e. The SMILES string of the molecule is Cc1ccc(C(O)=C2C(=O)C(=O)N(C)[C@@H]2c2cccc([N+](=O)[O-])c2)cc1. The average Bonchev–Trinajstić information content (AvgIpc) is 2.86. The van der Waals surface area contributed by atoms with E-state index in [0.717, 1.165) is 5.56 Å². The Bertz CT molecular complexity index is 947. The first-order chi connectivity index (χ1) is 12.3. The molecule has 1 fully saturated rings. The quantitative estimate of drug-likeness (QED) is 0.301. The fourth-order valence-electron chi connectivity index (χ4n) is 3.01. The number of aryl methyl sites for hydroxylation is 1. The second-order valence-corrected chi connectivity index (χ2v) is 6.13. The molecular weight excluding hydrogens is 336 g/mol. The third kappa shape index (κ3) is 2.83. The highest BCUT2D eigenvalue weighted by Gasteiger charge is 2.44. The van der Waals surface area contributed by atoms with Crippen molar-refractivity contribution in [3.8, 4) is 0 Å². The number of benzene rings is 2. The number of Topliss-reactive ketones (excluding diaryl/α,β-unsaturated/α-hetero) is 1. The van der Waals surface area contributed by atoms with Crippen molar-refractivity contribution in [1.82, 2.24) is 4.90 Å². The van der Waals surface area contributed by atoms with Crippen LogP contribution in [0, 0.1) is 17.0 Å². The molecule has 7 nitrogen and oxygen atoms in total. The lowest BCUT2D eigenvalue weighted by Gasteiger charge is -2.20. The van der Waals surface area contributed by atoms with Crippen LogP contribution in [0.4, 0.5) is 5.69 Å². The first kappa shape index (κ1) is 17.3. The maximum absolute atomic E-state index is 12.5. The lowest BCUT2D eigenvalue weighted by atomic mass is 9.95. The number of non-ortho nitro benzene ring substituents is 1. The second kappa shape index (κ2) is 6.44. The van der Waals surface area contributed by atoms with Crippen LogP contribution in [0.5, 0.6) is 0 Å². The van der Waals surface area contributed by atoms with Crippen molar-refractivity contribution in [2.45, 2.75) is 13.0 Å². The molecule has 1 aliphatic rings. The number of ketones is 1. The van der Waals surface area contributed by atoms with Crippen LogP contribution >= 0.6 is 0 Å². The molecule has 1 atom stereocenters. The van der Waals surface area contributed by atoms with Crippen LogP contribution < -0.4 is 0 Å². The van der Waals surface area contributed by atoms with E-state index in [1.54, 1.807) is 30.3 Å². The molecule has 0 radical (unpaired) electrons. The second-order valence-electron chi connectivity index (χ2n) is 6.13. The lowest BCUT2D eigenvalue weighted by molar-refractivity contribution is -0.384. The molecule has 1 N–H and O–H groups in total. The Morgan fingerprint density at radius 3 is 2.42 bits per heavy atom. The molecule has 1 amide bonds. The predicted molar refractivity (Wildman–Crippen MR) is 94.3 cm³/mol. The molecule has 0 saturated carbocycles. The molecule has 3 rings (SSSR count). The van der Waals surface area contributed by atoms with Crippen LogP contribution in [0.25, 0.3) is 5.76 Å². The van der Waals surface area contributed by atoms with E-state index in [0.29, 0.717) is 11.1 Å². The zero-order chi connectivity index (χ0) is 19.0. The smallest absolute Gasteiger partial charge is 0.295 e. The summed E-state index contributed by atoms with van der Waals surface area (Å²) in [5.74, 6) is -1.89. The van der Waals surface area contributed by atoms with E-state index in [-0.39, 0.29) is 17.0 Å². The van der Waals surface area contributed by atoms with Gasteiger partial charge in [-0.2, -0.15) is 0 Å². The molecule has 2 aromatic carbocycles. The lowest BCUT2D eigenvalue weighted by Crippen LogP contribution is -2.24. The Labute approximate surface area is 149 Å². The fourth-order valence-corrected chi connectivity index (χ4v) is 3.01. The summed E-state index contributed by atoms with van der Waals surface area (Å²) in [5, 5.41) is 21.7. The highest BCUT2D eigenvalue weighted by Crippen LogP contribution is 2.39. The van der Waals surface area contributed by atoms with Crippen molar-refractivity contribution in [3.05, 3.63) is 80.9 Å². The van der Waals surface area contributed by atoms with E-state index >= 15 is 0 Å². The summed E-state index contributed by atoms with van der Waals surface area (Å²) in [4.78, 5) is 36.3. The van der Waals surface area contributed by atoms with Gasteiger partial charge < -0.3 is 10.0 Å². The maximum atomic E-state index is 12.5. The van der Waals surface area contributed by atoms with Gasteiger partial charge in [-0.25, -0.2) is 0 Å². The standard InChI is InChI=1S/C19H16N2O5/c1-11-6-8-12(9-7-11)17(22)15-16(20(2)19(24)18(15)23)13-4-3-5-14(10-13)21(25)26/h3-10,16,22H,1-2H3/t16-/m1/s1. The number of carbonyl (C=O) groups is 2. The maximum Gasteiger partial charge on any atom is 0.295 e. The fraction of sp³-hybridized carbons (Fsp3) is 0.158. The minimum absolute atomic E-state index is 0.0816. The van der Waals surface area contributed by atoms with Crippen molar-refractivity contribution < 1.29 is 19.6 Å². The molecule has 1 aliphatic heterocycles. The summed E-state index contributed by atoms with van der Waals surface area (Å²) in [6.07, 6.45) is 0. The van der Waals surface area contributed by atoms with Gasteiger partial charge in [0.1, 0.15) is 5.76 Å². The van der Waals surface area contributed by atoms with Gasteiger partial charge >= 0.3 is 0 Å². The molecule has 0 spiro atoms. The Kier molecular flexibility index (Phi) is 4.29. The molecule has 7 heteroatoms. The summed E-state index contributed by atoms with van der Waals surface area (Å²) < 4.78 is 0. The van der Waals surface area contributed by atoms with E-state index in [2.05, 4.69) is 0 Å². The molecule has 0 bridgehead atoms. The van der Waals surface area contributed by atoms with Crippen molar-refractivity contribution >= 4 is 23.1 Å². The van der Waals surface area contributed by atoms with Crippen molar-refractivity contribution in [3.63, 3.8) is 0 Å². The first-order valence-corrected chi connectivity index (χ1v) is 7.87. The Morgan fingerprint density at radius 1 is 1.15 bits per heavy atom. The first-order valence-electron chi connectivity index (χ1n) is 7.87. The molecule has 1 heterocycles. The van der Waals surface area contributed by atoms with Crippen LogP contribution in [0.3, 0.4) is 0 Å². The predicted octanol–water partition coefficient (Wildman–Crippen LogP) is 2.95. The molecule has 0 unspecified atom stereocenters. The van der Waals surface area contributed by atoms with Gasteiger partial charge in [0.25, 0.3) is 17.4 Å². The number of nitrogens with zero attached hydrogens (tertiary/aromatic N) is 2. The number of nitro groups is 1. The van der Waals surface area contributed by atoms with Gasteiger partial charge in [-0.3, -0.25) is 19.7 Å². The zero-order valence-corrected chi connectivity index (χ0v) is 14.2. The molecule has 132 valence electrons. The van der Waals surface area contributed by atoms with Gasteiger partial charge in [-0.1, -0.05) is 42.0 Å². The van der Waals surface area contributed by atoms with E-state index in [4.69, 9.17) is 0 Å². The van der Waals surface area contributed by atoms with Crippen molar-refractivity contribution in [2.75, 3.05) is 7.05 Å². The number of likely N-dealkylation sites (N-methyl/N-ethyl adjacent to an activating group) is 1. The van der Waals surface area contributed by atoms with Gasteiger partial charge in [0.2, 0.25) is 0 Å². The number of amides is 1. The highest BCUT2D eigenvalue weighted by atomic mass is 16.6. The molecule has 2 aromatic rings. The normalized spacial score (nSPS) is 19.0. The van der Waals surface area contributed by atoms with Crippen LogP contribution in [0.15, 0.2) is 54.1 Å². The van der Waals surface area contributed by atoms with Gasteiger partial charge in [-0.05, 0) is 12.5 Å². The Balaban J connectivity index is 2.18. The average molecular weight is 352 g/mol. The van der Waals surface area contributed by atoms with Crippen molar-refractivity contribution in [2.24, 2.45) is 0 Å². The van der Waals surface area contributed by atoms with Crippen LogP contribution in [0.1, 0.15) is 22.7 Å². The highest BCUT2D eigenvalue weighted by molar-refractivity contribution is 6.46. The molecule has 0 aliphatic carbocycles. The summed E-state index contributed by atoms with van der Waals surface area (Å²) >= 11 is 0. The van der Waals surface area contributed by atoms with Gasteiger partial charge in [0.15, 0.2) is 0 Å². The third-order valence-corrected chi connectivity index (χ3v) is 4.40. The number of carbonyl (C=O) groups excluding carboxylic acids is 2. The number of rotatable bonds is 3. The number of nitro benzene ring substituents is 1. The molecule has 26 heavy (non-hydrogen) atoms. The molecule has 0 aromatic heterocycles. The zero-order valence-electron chi connectivity index (χ0n) is 14.2. The minimum atomic E-state index is -0.892. The number of aliphatic hydroxyl groups excluding tert-OH is 1. The molecule has 1 saturated heterocycles. The van der Waals surface area contributed by atoms with Gasteiger partial charge in [-0.15, -0.1) is 0 Å². The number of hydrogen-bond acceptors (Lipinski definition) is 5. The van der Waals surface area contributed by atoms with Gasteiger partial charge in [0.05, 0.1) is 16.5 Å². The van der Waals surface area contributed by atoms with E-state index < -0.39 is 22.7 Å². The summed E-state index contributed by atoms with van der Waals surface area (Å²) in [7, 11) is 1.43. The summed E-state index contributed by atoms with van der Waals surface area (Å²) in [6, 6.07) is 11.7. The Morgan fingerprint density at radius 2 is 1.81 bits per heavy atom. The topological polar surface area (TPSA) is 101 Å². The van der Waals surface area contributed by atoms with E-state index in [1.165, 1.54) is 30.1 Å². The van der Waals surface area contributed by atoms with Crippen LogP contribution in [0.2, 0.25) is 0 Å². The number of likely N-dealkylation sites (tertiary alicyclic amines) is 1. The monoisotopic (exact) mass is 352 g/mol. The van der Waals surface area contributed by atoms with E-state index in [1.807, 2.05) is 6.92 Å². The third-order valence-electron chi connectivity index (χ3n) is 4.40. The van der Waals surface area contributed by atoms with Crippen molar-refractivity contribution in [1.29, 1.82) is 0 Å². The summed E-state index contributed by atoms with van der Waals surface area (Å²) in [5.41, 5.74) is 1.53. The van der Waals surface area contributed by atoms with E-state index in [9.17, 15) is 24.8 Å². The summed E-state index contributed by atoms with van der Waals surface area (Å²) in [6.45, 7) is 1.89. The minimum Gasteiger partial charge on any atom is -0.507 e. The van der Waals surface area contributed by atoms with Crippen LogP contribution in [-0.2, 0) is 9.59 Å². The molecular formula is C19H16N2O5.